The third-order valence-corrected chi connectivity index (χ3v) is 2.45. The second-order valence-corrected chi connectivity index (χ2v) is 3.28. The lowest BCUT2D eigenvalue weighted by Gasteiger charge is -1.89. The van der Waals surface area contributed by atoms with Crippen LogP contribution in [0, 0.1) is 0 Å². The van der Waals surface area contributed by atoms with E-state index >= 15 is 0 Å². The molecule has 0 unspecified atom stereocenters. The largest absolute Gasteiger partial charge is 0.235 e. The van der Waals surface area contributed by atoms with Crippen molar-refractivity contribution in [2.45, 2.75) is 0 Å². The van der Waals surface area contributed by atoms with Crippen molar-refractivity contribution < 1.29 is 0 Å². The maximum atomic E-state index is 3.01. The van der Waals surface area contributed by atoms with Crippen LogP contribution in [-0.4, -0.2) is 11.9 Å². The van der Waals surface area contributed by atoms with Gasteiger partial charge in [-0.3, -0.25) is 0 Å². The summed E-state index contributed by atoms with van der Waals surface area (Å²) in [5.74, 6) is 0. The molecule has 1 heterocycles. The molecule has 0 aromatic carbocycles. The summed E-state index contributed by atoms with van der Waals surface area (Å²) in [7, 11) is 4.00. The van der Waals surface area contributed by atoms with Crippen LogP contribution in [0.2, 0.25) is 0 Å². The Bertz CT molecular complexity index is 143. The van der Waals surface area contributed by atoms with Gasteiger partial charge in [-0.15, -0.1) is 0 Å². The first-order chi connectivity index (χ1) is 3.30. The molecule has 7 heavy (non-hydrogen) atoms. The van der Waals surface area contributed by atoms with Gasteiger partial charge in [0.1, 0.15) is 0 Å². The van der Waals surface area contributed by atoms with Gasteiger partial charge >= 0.3 is 0 Å². The van der Waals surface area contributed by atoms with E-state index in [-0.39, 0.29) is 0 Å². The minimum atomic E-state index is 1.58. The van der Waals surface area contributed by atoms with Crippen LogP contribution in [0.3, 0.4) is 0 Å². The summed E-state index contributed by atoms with van der Waals surface area (Å²) >= 11 is 3.16. The average Bonchev–Trinajstić information content (AvgIpc) is 1.91. The fourth-order valence-corrected chi connectivity index (χ4v) is 1.67. The zero-order chi connectivity index (χ0) is 5.28. The summed E-state index contributed by atoms with van der Waals surface area (Å²) in [6.45, 7) is 0. The third-order valence-electron chi connectivity index (χ3n) is 0.735. The minimum absolute atomic E-state index is 1.58. The van der Waals surface area contributed by atoms with Gasteiger partial charge in [0.2, 0.25) is 0 Å². The molecule has 0 aliphatic heterocycles. The SMILES string of the molecule is Cn1s[nH]sn1C. The molecule has 0 aliphatic carbocycles. The molecule has 0 spiro atoms. The van der Waals surface area contributed by atoms with Gasteiger partial charge < -0.3 is 0 Å². The fraction of sp³-hybridized carbons (Fsp3) is 1.00. The molecular weight excluding hydrogens is 130 g/mol. The number of nitrogens with zero attached hydrogens (tertiary/aromatic N) is 2. The van der Waals surface area contributed by atoms with Crippen molar-refractivity contribution >= 4 is 23.5 Å². The monoisotopic (exact) mass is 137 g/mol. The van der Waals surface area contributed by atoms with E-state index in [1.165, 1.54) is 0 Å². The molecule has 0 aliphatic rings. The zero-order valence-electron chi connectivity index (χ0n) is 4.21. The van der Waals surface area contributed by atoms with Crippen LogP contribution in [0.15, 0.2) is 0 Å². The Kier molecular flexibility index (Phi) is 1.25. The zero-order valence-corrected chi connectivity index (χ0v) is 5.84. The highest BCUT2D eigenvalue weighted by atomic mass is 32.2. The van der Waals surface area contributed by atoms with E-state index in [1.807, 2.05) is 22.2 Å². The molecular formula is C2H7N3S2. The molecule has 0 amide bonds. The minimum Gasteiger partial charge on any atom is -0.235 e. The highest BCUT2D eigenvalue weighted by molar-refractivity contribution is 7.13. The fourth-order valence-electron chi connectivity index (χ4n) is 0.240. The van der Waals surface area contributed by atoms with Crippen LogP contribution >= 0.6 is 23.5 Å². The highest BCUT2D eigenvalue weighted by Gasteiger charge is 1.79. The van der Waals surface area contributed by atoms with Gasteiger partial charge in [-0.2, -0.15) is 0 Å². The average molecular weight is 137 g/mol. The summed E-state index contributed by atoms with van der Waals surface area (Å²) in [6, 6.07) is 0. The van der Waals surface area contributed by atoms with Crippen LogP contribution in [0.25, 0.3) is 0 Å². The molecule has 3 nitrogen and oxygen atoms in total. The van der Waals surface area contributed by atoms with E-state index < -0.39 is 0 Å². The van der Waals surface area contributed by atoms with Crippen molar-refractivity contribution in [1.29, 1.82) is 0 Å². The lowest BCUT2D eigenvalue weighted by atomic mass is 11.4. The standard InChI is InChI=1S/C2H7N3S2/c1-4-5(2)7-3-6-4/h3H,1-2H3. The van der Waals surface area contributed by atoms with Crippen molar-refractivity contribution in [3.8, 4) is 0 Å². The Morgan fingerprint density at radius 2 is 1.57 bits per heavy atom. The van der Waals surface area contributed by atoms with E-state index in [0.29, 0.717) is 0 Å². The molecule has 1 aromatic heterocycles. The maximum Gasteiger partial charge on any atom is 0.0488 e. The lowest BCUT2D eigenvalue weighted by molar-refractivity contribution is 0.694. The van der Waals surface area contributed by atoms with Gasteiger partial charge in [0.15, 0.2) is 0 Å². The number of aromatic amines is 1. The Hall–Kier alpha value is -0.160. The molecule has 0 saturated heterocycles. The number of aryl methyl sites for hydroxylation is 2. The molecule has 0 saturated carbocycles. The van der Waals surface area contributed by atoms with Crippen molar-refractivity contribution in [2.24, 2.45) is 14.1 Å². The maximum absolute atomic E-state index is 3.01. The highest BCUT2D eigenvalue weighted by Crippen LogP contribution is 1.93. The normalized spacial score (nSPS) is 9.43. The lowest BCUT2D eigenvalue weighted by Crippen LogP contribution is -1.95. The topological polar surface area (TPSA) is 25.6 Å². The number of H-pyrrole nitrogens is 1. The number of hydrogen-bond donors (Lipinski definition) is 1. The first kappa shape index (κ1) is 4.99. The van der Waals surface area contributed by atoms with Gasteiger partial charge in [-0.05, 0) is 0 Å². The molecule has 1 rings (SSSR count). The van der Waals surface area contributed by atoms with Gasteiger partial charge in [0.05, 0.1) is 0 Å². The van der Waals surface area contributed by atoms with Crippen LogP contribution in [-0.2, 0) is 14.1 Å². The van der Waals surface area contributed by atoms with E-state index in [9.17, 15) is 0 Å². The first-order valence-electron chi connectivity index (χ1n) is 1.87. The molecule has 42 valence electrons. The smallest absolute Gasteiger partial charge is 0.0488 e. The summed E-state index contributed by atoms with van der Waals surface area (Å²) in [4.78, 5) is 0. The summed E-state index contributed by atoms with van der Waals surface area (Å²) in [5.41, 5.74) is 0. The van der Waals surface area contributed by atoms with Gasteiger partial charge in [0.25, 0.3) is 0 Å². The van der Waals surface area contributed by atoms with Gasteiger partial charge in [-0.25, -0.2) is 11.9 Å². The van der Waals surface area contributed by atoms with E-state index in [0.717, 1.165) is 0 Å². The number of nitrogens with one attached hydrogen (secondary N) is 1. The van der Waals surface area contributed by atoms with Crippen LogP contribution in [0.1, 0.15) is 0 Å². The van der Waals surface area contributed by atoms with Gasteiger partial charge in [-0.1, -0.05) is 0 Å². The molecule has 1 aromatic rings. The first-order valence-corrected chi connectivity index (χ1v) is 3.41. The van der Waals surface area contributed by atoms with Crippen LogP contribution in [0.5, 0.6) is 0 Å². The third kappa shape index (κ3) is 0.889. The number of hydrogen-bond acceptors (Lipinski definition) is 2. The Labute approximate surface area is 50.1 Å². The Morgan fingerprint density at radius 3 is 1.71 bits per heavy atom. The number of rotatable bonds is 0. The second-order valence-electron chi connectivity index (χ2n) is 1.19. The Morgan fingerprint density at radius 1 is 1.14 bits per heavy atom. The van der Waals surface area contributed by atoms with Crippen molar-refractivity contribution in [1.82, 2.24) is 11.9 Å². The van der Waals surface area contributed by atoms with E-state index in [1.54, 1.807) is 23.5 Å². The van der Waals surface area contributed by atoms with Crippen molar-refractivity contribution in [3.63, 3.8) is 0 Å². The molecule has 1 N–H and O–H groups in total. The molecule has 5 heteroatoms. The van der Waals surface area contributed by atoms with E-state index in [4.69, 9.17) is 0 Å². The summed E-state index contributed by atoms with van der Waals surface area (Å²) < 4.78 is 7.02. The predicted octanol–water partition coefficient (Wildman–Crippen LogP) is 0.939. The molecule has 0 atom stereocenters. The Balaban J connectivity index is 3.12. The quantitative estimate of drug-likeness (QED) is 0.550. The molecule has 0 radical (unpaired) electrons. The van der Waals surface area contributed by atoms with Gasteiger partial charge in [0, 0.05) is 37.6 Å². The van der Waals surface area contributed by atoms with Crippen molar-refractivity contribution in [3.05, 3.63) is 0 Å². The predicted molar refractivity (Wildman–Crippen MR) is 32.1 cm³/mol. The molecule has 0 fully saturated rings. The second kappa shape index (κ2) is 1.75. The summed E-state index contributed by atoms with van der Waals surface area (Å²) in [5, 5.41) is 0. The molecule has 0 bridgehead atoms. The van der Waals surface area contributed by atoms with Crippen LogP contribution in [0.4, 0.5) is 0 Å². The van der Waals surface area contributed by atoms with E-state index in [2.05, 4.69) is 3.76 Å². The van der Waals surface area contributed by atoms with Crippen LogP contribution < -0.4 is 0 Å². The summed E-state index contributed by atoms with van der Waals surface area (Å²) in [6.07, 6.45) is 0. The van der Waals surface area contributed by atoms with Crippen molar-refractivity contribution in [2.75, 3.05) is 0 Å². The number of aromatic nitrogens is 3.